The van der Waals surface area contributed by atoms with Crippen LogP contribution in [0.15, 0.2) is 27.7 Å². The topological polar surface area (TPSA) is 63.6 Å². The molecule has 0 radical (unpaired) electrons. The fourth-order valence-electron chi connectivity index (χ4n) is 1.41. The predicted molar refractivity (Wildman–Crippen MR) is 64.1 cm³/mol. The molecule has 8 heteroatoms. The molecular formula is C11H12F3NO3S. The molecule has 1 aliphatic carbocycles. The van der Waals surface area contributed by atoms with Gasteiger partial charge in [-0.15, -0.1) is 0 Å². The number of ketones is 1. The van der Waals surface area contributed by atoms with Crippen LogP contribution in [0, 0.1) is 5.92 Å². The highest BCUT2D eigenvalue weighted by molar-refractivity contribution is 7.91. The molecule has 0 aromatic carbocycles. The van der Waals surface area contributed by atoms with Crippen molar-refractivity contribution < 1.29 is 26.4 Å². The van der Waals surface area contributed by atoms with Crippen LogP contribution in [0.3, 0.4) is 0 Å². The van der Waals surface area contributed by atoms with Gasteiger partial charge in [0.25, 0.3) is 0 Å². The second-order valence-corrected chi connectivity index (χ2v) is 5.94. The van der Waals surface area contributed by atoms with Crippen molar-refractivity contribution in [1.29, 1.82) is 0 Å². The summed E-state index contributed by atoms with van der Waals surface area (Å²) in [6.45, 7) is 4.64. The van der Waals surface area contributed by atoms with Gasteiger partial charge in [-0.05, 0) is 36.1 Å². The van der Waals surface area contributed by atoms with Crippen LogP contribution >= 0.6 is 0 Å². The van der Waals surface area contributed by atoms with Gasteiger partial charge in [-0.3, -0.25) is 4.79 Å². The highest BCUT2D eigenvalue weighted by Gasteiger charge is 2.46. The number of hydrogen-bond donors (Lipinski definition) is 0. The van der Waals surface area contributed by atoms with Crippen molar-refractivity contribution in [1.82, 2.24) is 0 Å². The van der Waals surface area contributed by atoms with Crippen LogP contribution in [0.2, 0.25) is 0 Å². The third kappa shape index (κ3) is 3.31. The van der Waals surface area contributed by atoms with Crippen LogP contribution in [0.5, 0.6) is 0 Å². The Hall–Kier alpha value is -1.44. The van der Waals surface area contributed by atoms with Gasteiger partial charge in [-0.2, -0.15) is 26.0 Å². The van der Waals surface area contributed by atoms with E-state index >= 15 is 0 Å². The highest BCUT2D eigenvalue weighted by atomic mass is 32.2. The number of hydrogen-bond acceptors (Lipinski definition) is 3. The average Bonchev–Trinajstić information content (AvgIpc) is 2.20. The number of alkyl halides is 3. The molecule has 1 aliphatic rings. The van der Waals surface area contributed by atoms with Crippen LogP contribution in [0.1, 0.15) is 20.8 Å². The summed E-state index contributed by atoms with van der Waals surface area (Å²) in [5, 5.41) is 0. The lowest BCUT2D eigenvalue weighted by Gasteiger charge is -2.16. The zero-order valence-corrected chi connectivity index (χ0v) is 11.3. The van der Waals surface area contributed by atoms with E-state index in [2.05, 4.69) is 4.40 Å². The van der Waals surface area contributed by atoms with Crippen molar-refractivity contribution >= 4 is 21.5 Å². The predicted octanol–water partition coefficient (Wildman–Crippen LogP) is 2.39. The number of carbonyl (C=O) groups excluding carboxylic acids is 1. The van der Waals surface area contributed by atoms with Gasteiger partial charge in [0.1, 0.15) is 0 Å². The number of allylic oxidation sites excluding steroid dienone is 4. The summed E-state index contributed by atoms with van der Waals surface area (Å²) in [6, 6.07) is 0. The van der Waals surface area contributed by atoms with Gasteiger partial charge in [0.15, 0.2) is 5.78 Å². The maximum Gasteiger partial charge on any atom is 0.518 e. The molecule has 0 fully saturated rings. The Labute approximate surface area is 108 Å². The molecule has 0 saturated carbocycles. The lowest BCUT2D eigenvalue weighted by atomic mass is 9.90. The molecule has 106 valence electrons. The van der Waals surface area contributed by atoms with Crippen molar-refractivity contribution in [3.63, 3.8) is 0 Å². The van der Waals surface area contributed by atoms with E-state index in [0.717, 1.165) is 12.2 Å². The number of halogens is 3. The van der Waals surface area contributed by atoms with E-state index in [1.54, 1.807) is 13.8 Å². The van der Waals surface area contributed by atoms with Gasteiger partial charge in [-0.25, -0.2) is 0 Å². The van der Waals surface area contributed by atoms with Gasteiger partial charge in [0.2, 0.25) is 0 Å². The molecule has 0 amide bonds. The summed E-state index contributed by atoms with van der Waals surface area (Å²) in [5.41, 5.74) is -5.49. The smallest absolute Gasteiger partial charge is 0.290 e. The summed E-state index contributed by atoms with van der Waals surface area (Å²) in [5.74, 6) is -0.692. The van der Waals surface area contributed by atoms with Crippen LogP contribution in [-0.2, 0) is 14.8 Å². The number of carbonyl (C=O) groups is 1. The molecule has 0 saturated heterocycles. The fourth-order valence-corrected chi connectivity index (χ4v) is 1.93. The summed E-state index contributed by atoms with van der Waals surface area (Å²) in [7, 11) is -5.61. The van der Waals surface area contributed by atoms with Crippen molar-refractivity contribution in [2.24, 2.45) is 10.3 Å². The van der Waals surface area contributed by atoms with Crippen LogP contribution in [0.25, 0.3) is 0 Å². The number of nitrogens with zero attached hydrogens (tertiary/aromatic N) is 1. The Morgan fingerprint density at radius 2 is 1.74 bits per heavy atom. The van der Waals surface area contributed by atoms with E-state index in [1.807, 2.05) is 0 Å². The molecule has 0 aromatic rings. The molecule has 1 rings (SSSR count). The Bertz CT molecular complexity index is 595. The third-order valence-electron chi connectivity index (χ3n) is 2.46. The first-order chi connectivity index (χ1) is 8.45. The molecule has 0 heterocycles. The summed E-state index contributed by atoms with van der Waals surface area (Å²) >= 11 is 0. The summed E-state index contributed by atoms with van der Waals surface area (Å²) in [6.07, 6.45) is 2.17. The maximum atomic E-state index is 12.3. The van der Waals surface area contributed by atoms with Crippen LogP contribution in [0.4, 0.5) is 13.2 Å². The zero-order chi connectivity index (χ0) is 15.0. The molecule has 19 heavy (non-hydrogen) atoms. The second kappa shape index (κ2) is 4.92. The van der Waals surface area contributed by atoms with Crippen molar-refractivity contribution in [3.05, 3.63) is 23.3 Å². The highest BCUT2D eigenvalue weighted by Crippen LogP contribution is 2.27. The molecular weight excluding hydrogens is 283 g/mol. The lowest BCUT2D eigenvalue weighted by molar-refractivity contribution is -0.111. The third-order valence-corrected chi connectivity index (χ3v) is 3.48. The van der Waals surface area contributed by atoms with E-state index in [1.165, 1.54) is 6.92 Å². The van der Waals surface area contributed by atoms with E-state index in [-0.39, 0.29) is 28.6 Å². The standard InChI is InChI=1S/C11H12F3NO3S/c1-6(2)8-5-10(16)7(3)4-9(8)15-19(17,18)11(12,13)14/h4-6H,1-3H3. The van der Waals surface area contributed by atoms with Gasteiger partial charge >= 0.3 is 15.5 Å². The first-order valence-electron chi connectivity index (χ1n) is 5.31. The molecule has 0 bridgehead atoms. The van der Waals surface area contributed by atoms with E-state index in [0.29, 0.717) is 0 Å². The first-order valence-corrected chi connectivity index (χ1v) is 6.75. The Morgan fingerprint density at radius 3 is 2.16 bits per heavy atom. The van der Waals surface area contributed by atoms with Gasteiger partial charge < -0.3 is 0 Å². The molecule has 0 aromatic heterocycles. The van der Waals surface area contributed by atoms with E-state index < -0.39 is 15.5 Å². The van der Waals surface area contributed by atoms with Gasteiger partial charge in [-0.1, -0.05) is 13.8 Å². The Kier molecular flexibility index (Phi) is 4.04. The molecule has 0 atom stereocenters. The monoisotopic (exact) mass is 295 g/mol. The summed E-state index contributed by atoms with van der Waals surface area (Å²) < 4.78 is 61.7. The summed E-state index contributed by atoms with van der Waals surface area (Å²) in [4.78, 5) is 11.4. The largest absolute Gasteiger partial charge is 0.518 e. The van der Waals surface area contributed by atoms with E-state index in [9.17, 15) is 26.4 Å². The van der Waals surface area contributed by atoms with Crippen LogP contribution < -0.4 is 0 Å². The Morgan fingerprint density at radius 1 is 1.21 bits per heavy atom. The zero-order valence-electron chi connectivity index (χ0n) is 10.4. The quantitative estimate of drug-likeness (QED) is 0.735. The second-order valence-electron chi connectivity index (χ2n) is 4.34. The van der Waals surface area contributed by atoms with Crippen molar-refractivity contribution in [3.8, 4) is 0 Å². The molecule has 4 nitrogen and oxygen atoms in total. The minimum absolute atomic E-state index is 0.139. The first kappa shape index (κ1) is 15.6. The minimum Gasteiger partial charge on any atom is -0.290 e. The van der Waals surface area contributed by atoms with Crippen LogP contribution in [-0.4, -0.2) is 25.4 Å². The van der Waals surface area contributed by atoms with Crippen molar-refractivity contribution in [2.45, 2.75) is 26.3 Å². The van der Waals surface area contributed by atoms with Gasteiger partial charge in [0.05, 0.1) is 5.71 Å². The minimum atomic E-state index is -5.61. The Balaban J connectivity index is 3.40. The molecule has 0 N–H and O–H groups in total. The normalized spacial score (nSPS) is 19.7. The average molecular weight is 295 g/mol. The lowest BCUT2D eigenvalue weighted by Crippen LogP contribution is -2.24. The number of rotatable bonds is 2. The SMILES string of the molecule is CC1=CC(=NS(=O)(=O)C(F)(F)F)C(C(C)C)=CC1=O. The maximum absolute atomic E-state index is 12.3. The van der Waals surface area contributed by atoms with E-state index in [4.69, 9.17) is 0 Å². The van der Waals surface area contributed by atoms with Gasteiger partial charge in [0, 0.05) is 0 Å². The van der Waals surface area contributed by atoms with Crippen molar-refractivity contribution in [2.75, 3.05) is 0 Å². The molecule has 0 unspecified atom stereocenters. The number of sulfonamides is 1. The molecule has 0 spiro atoms. The molecule has 0 aliphatic heterocycles. The fraction of sp³-hybridized carbons (Fsp3) is 0.455.